The first-order valence-corrected chi connectivity index (χ1v) is 8.42. The predicted octanol–water partition coefficient (Wildman–Crippen LogP) is 1.45. The number of piperidine rings is 1. The molecule has 1 aliphatic heterocycles. The molecule has 6 heteroatoms. The summed E-state index contributed by atoms with van der Waals surface area (Å²) in [6.45, 7) is 7.41. The molecule has 0 N–H and O–H groups in total. The average Bonchev–Trinajstić information content (AvgIpc) is 2.44. The van der Waals surface area contributed by atoms with Gasteiger partial charge in [0.1, 0.15) is 6.10 Å². The lowest BCUT2D eigenvalue weighted by molar-refractivity contribution is -0.312. The van der Waals surface area contributed by atoms with E-state index in [1.807, 2.05) is 27.7 Å². The van der Waals surface area contributed by atoms with Crippen LogP contribution in [0.1, 0.15) is 66.2 Å². The average molecular weight is 325 g/mol. The number of ether oxygens (including phenoxy) is 1. The Labute approximate surface area is 137 Å². The van der Waals surface area contributed by atoms with Crippen molar-refractivity contribution in [2.75, 3.05) is 0 Å². The second-order valence-electron chi connectivity index (χ2n) is 8.25. The molecule has 0 spiro atoms. The number of carboxylic acid groups (broad SMARTS) is 1. The Hall–Kier alpha value is -1.14. The molecule has 0 amide bonds. The minimum absolute atomic E-state index is 0.213. The highest BCUT2D eigenvalue weighted by Crippen LogP contribution is 2.41. The van der Waals surface area contributed by atoms with Crippen LogP contribution in [-0.2, 0) is 19.5 Å². The molecule has 2 rings (SSSR count). The number of carboxylic acids is 1. The van der Waals surface area contributed by atoms with E-state index in [0.717, 1.165) is 5.06 Å². The van der Waals surface area contributed by atoms with Gasteiger partial charge in [0.2, 0.25) is 0 Å². The van der Waals surface area contributed by atoms with Gasteiger partial charge in [-0.2, -0.15) is 0 Å². The van der Waals surface area contributed by atoms with Gasteiger partial charge < -0.3 is 14.6 Å². The summed E-state index contributed by atoms with van der Waals surface area (Å²) in [4.78, 5) is 23.3. The highest BCUT2D eigenvalue weighted by atomic mass is 16.5. The van der Waals surface area contributed by atoms with Crippen molar-refractivity contribution >= 4 is 11.9 Å². The molecule has 131 valence electrons. The zero-order valence-electron chi connectivity index (χ0n) is 14.5. The van der Waals surface area contributed by atoms with E-state index in [4.69, 9.17) is 4.74 Å². The molecule has 1 aliphatic carbocycles. The van der Waals surface area contributed by atoms with Crippen molar-refractivity contribution in [1.82, 2.24) is 5.06 Å². The number of carbonyl (C=O) groups excluding carboxylic acids is 2. The topological polar surface area (TPSA) is 89.6 Å². The summed E-state index contributed by atoms with van der Waals surface area (Å²) in [6, 6.07) is 0. The fourth-order valence-corrected chi connectivity index (χ4v) is 4.11. The van der Waals surface area contributed by atoms with Gasteiger partial charge in [0.05, 0.1) is 5.92 Å². The molecule has 1 radical (unpaired) electrons. The van der Waals surface area contributed by atoms with Crippen LogP contribution in [0.3, 0.4) is 0 Å². The maximum Gasteiger partial charge on any atom is 0.309 e. The number of carbonyl (C=O) groups is 2. The maximum absolute atomic E-state index is 12.5. The minimum atomic E-state index is -1.01. The van der Waals surface area contributed by atoms with Crippen LogP contribution >= 0.6 is 0 Å². The Morgan fingerprint density at radius 2 is 1.43 bits per heavy atom. The van der Waals surface area contributed by atoms with Gasteiger partial charge in [-0.05, 0) is 72.1 Å². The summed E-state index contributed by atoms with van der Waals surface area (Å²) in [5, 5.41) is 24.3. The highest BCUT2D eigenvalue weighted by molar-refractivity contribution is 5.73. The Morgan fingerprint density at radius 3 is 1.87 bits per heavy atom. The SMILES string of the molecule is CC1(C)CC(C(=O)OC2CCC(C(=O)[O-])CC2)CC(C)(C)N1[O]. The predicted molar refractivity (Wildman–Crippen MR) is 80.3 cm³/mol. The number of hydroxylamine groups is 2. The molecule has 0 aromatic heterocycles. The monoisotopic (exact) mass is 325 g/mol. The van der Waals surface area contributed by atoms with Crippen molar-refractivity contribution in [3.8, 4) is 0 Å². The smallest absolute Gasteiger partial charge is 0.309 e. The molecule has 6 nitrogen and oxygen atoms in total. The molecule has 1 heterocycles. The summed E-state index contributed by atoms with van der Waals surface area (Å²) < 4.78 is 5.61. The largest absolute Gasteiger partial charge is 0.550 e. The highest BCUT2D eigenvalue weighted by Gasteiger charge is 2.48. The van der Waals surface area contributed by atoms with E-state index in [-0.39, 0.29) is 18.0 Å². The molecule has 23 heavy (non-hydrogen) atoms. The number of hydrogen-bond acceptors (Lipinski definition) is 5. The molecular formula is C17H27NO5-. The molecule has 0 unspecified atom stereocenters. The zero-order chi connectivity index (χ0) is 17.4. The van der Waals surface area contributed by atoms with E-state index in [9.17, 15) is 19.9 Å². The second kappa shape index (κ2) is 6.40. The first kappa shape index (κ1) is 18.2. The molecule has 1 saturated carbocycles. The van der Waals surface area contributed by atoms with Crippen LogP contribution in [0.4, 0.5) is 0 Å². The third kappa shape index (κ3) is 4.04. The van der Waals surface area contributed by atoms with Gasteiger partial charge in [0, 0.05) is 17.0 Å². The third-order valence-corrected chi connectivity index (χ3v) is 5.22. The Bertz CT molecular complexity index is 448. The van der Waals surface area contributed by atoms with Crippen LogP contribution in [0, 0.1) is 11.8 Å². The molecule has 0 atom stereocenters. The molecule has 2 aliphatic rings. The number of nitrogens with zero attached hydrogens (tertiary/aromatic N) is 1. The van der Waals surface area contributed by atoms with E-state index in [1.54, 1.807) is 0 Å². The fourth-order valence-electron chi connectivity index (χ4n) is 4.11. The molecular weight excluding hydrogens is 298 g/mol. The Morgan fingerprint density at radius 1 is 0.957 bits per heavy atom. The van der Waals surface area contributed by atoms with E-state index >= 15 is 0 Å². The number of aliphatic carboxylic acids is 1. The van der Waals surface area contributed by atoms with Gasteiger partial charge >= 0.3 is 5.97 Å². The summed E-state index contributed by atoms with van der Waals surface area (Å²) >= 11 is 0. The van der Waals surface area contributed by atoms with Gasteiger partial charge in [0.15, 0.2) is 0 Å². The molecule has 1 saturated heterocycles. The Kier molecular flexibility index (Phi) is 5.06. The fraction of sp³-hybridized carbons (Fsp3) is 0.882. The van der Waals surface area contributed by atoms with Crippen LogP contribution in [0.2, 0.25) is 0 Å². The second-order valence-corrected chi connectivity index (χ2v) is 8.25. The van der Waals surface area contributed by atoms with Gasteiger partial charge in [-0.15, -0.1) is 10.3 Å². The van der Waals surface area contributed by atoms with E-state index in [0.29, 0.717) is 38.5 Å². The number of esters is 1. The standard InChI is InChI=1S/C17H28NO5/c1-16(2)9-12(10-17(3,4)18(16)22)15(21)23-13-7-5-11(6-8-13)14(19)20/h11-13H,5-10H2,1-4H3,(H,19,20)/p-1. The summed E-state index contributed by atoms with van der Waals surface area (Å²) in [6.07, 6.45) is 2.87. The van der Waals surface area contributed by atoms with Gasteiger partial charge in [-0.25, -0.2) is 0 Å². The molecule has 2 fully saturated rings. The number of hydrogen-bond donors (Lipinski definition) is 0. The van der Waals surface area contributed by atoms with Crippen LogP contribution in [0.25, 0.3) is 0 Å². The van der Waals surface area contributed by atoms with Gasteiger partial charge in [0.25, 0.3) is 0 Å². The van der Waals surface area contributed by atoms with Crippen molar-refractivity contribution in [2.24, 2.45) is 11.8 Å². The normalized spacial score (nSPS) is 31.5. The summed E-state index contributed by atoms with van der Waals surface area (Å²) in [5.41, 5.74) is -1.20. The van der Waals surface area contributed by atoms with Crippen LogP contribution in [0.5, 0.6) is 0 Å². The van der Waals surface area contributed by atoms with Crippen molar-refractivity contribution in [1.29, 1.82) is 0 Å². The molecule has 0 bridgehead atoms. The number of rotatable bonds is 3. The van der Waals surface area contributed by atoms with Crippen molar-refractivity contribution in [3.63, 3.8) is 0 Å². The van der Waals surface area contributed by atoms with Crippen molar-refractivity contribution < 1.29 is 24.6 Å². The minimum Gasteiger partial charge on any atom is -0.550 e. The first-order chi connectivity index (χ1) is 10.5. The first-order valence-electron chi connectivity index (χ1n) is 8.42. The maximum atomic E-state index is 12.5. The van der Waals surface area contributed by atoms with Gasteiger partial charge in [-0.1, -0.05) is 0 Å². The lowest BCUT2D eigenvalue weighted by Gasteiger charge is -2.49. The van der Waals surface area contributed by atoms with E-state index < -0.39 is 23.0 Å². The lowest BCUT2D eigenvalue weighted by atomic mass is 9.75. The Balaban J connectivity index is 1.93. The lowest BCUT2D eigenvalue weighted by Crippen LogP contribution is -2.59. The van der Waals surface area contributed by atoms with Crippen LogP contribution in [-0.4, -0.2) is 34.2 Å². The van der Waals surface area contributed by atoms with E-state index in [1.165, 1.54) is 0 Å². The third-order valence-electron chi connectivity index (χ3n) is 5.22. The van der Waals surface area contributed by atoms with E-state index in [2.05, 4.69) is 0 Å². The van der Waals surface area contributed by atoms with Gasteiger partial charge in [-0.3, -0.25) is 4.79 Å². The molecule has 0 aromatic carbocycles. The zero-order valence-corrected chi connectivity index (χ0v) is 14.5. The van der Waals surface area contributed by atoms with Crippen LogP contribution in [0.15, 0.2) is 0 Å². The van der Waals surface area contributed by atoms with Crippen molar-refractivity contribution in [2.45, 2.75) is 83.4 Å². The molecule has 0 aromatic rings. The quantitative estimate of drug-likeness (QED) is 0.733. The van der Waals surface area contributed by atoms with Crippen molar-refractivity contribution in [3.05, 3.63) is 0 Å². The summed E-state index contributed by atoms with van der Waals surface area (Å²) in [7, 11) is 0. The summed E-state index contributed by atoms with van der Waals surface area (Å²) in [5.74, 6) is -1.98. The van der Waals surface area contributed by atoms with Crippen LogP contribution < -0.4 is 5.11 Å².